The van der Waals surface area contributed by atoms with Gasteiger partial charge in [0.1, 0.15) is 13.2 Å². The molecular weight excluding hydrogens is 204 g/mol. The molecule has 15 heavy (non-hydrogen) atoms. The van der Waals surface area contributed by atoms with Crippen molar-refractivity contribution in [3.8, 4) is 0 Å². The maximum atomic E-state index is 11.4. The number of hydrogen-bond donors (Lipinski definition) is 1. The largest absolute Gasteiger partial charge is 0.461 e. The summed E-state index contributed by atoms with van der Waals surface area (Å²) in [4.78, 5) is 11.4. The number of carbonyl (C=O) groups excluding carboxylic acids is 1. The van der Waals surface area contributed by atoms with Crippen molar-refractivity contribution < 1.29 is 28.8 Å². The molecule has 1 N–H and O–H groups in total. The molecule has 0 spiro atoms. The standard InChI is InChI=1S/C9H16O6/c1-9(2,8(11)12-4-3-10)15-6-14-7-5-13-7/h7,10H,3-6H2,1-2H3. The monoisotopic (exact) mass is 220 g/mol. The Morgan fingerprint density at radius 3 is 2.80 bits per heavy atom. The molecule has 1 saturated heterocycles. The lowest BCUT2D eigenvalue weighted by atomic mass is 10.1. The third kappa shape index (κ3) is 4.57. The van der Waals surface area contributed by atoms with Crippen LogP contribution in [0.4, 0.5) is 0 Å². The van der Waals surface area contributed by atoms with E-state index in [9.17, 15) is 4.79 Å². The van der Waals surface area contributed by atoms with Crippen molar-refractivity contribution in [2.45, 2.75) is 25.7 Å². The summed E-state index contributed by atoms with van der Waals surface area (Å²) in [7, 11) is 0. The molecule has 0 aromatic heterocycles. The van der Waals surface area contributed by atoms with Crippen molar-refractivity contribution in [1.29, 1.82) is 0 Å². The summed E-state index contributed by atoms with van der Waals surface area (Å²) in [6.45, 7) is 3.46. The number of hydrogen-bond acceptors (Lipinski definition) is 6. The van der Waals surface area contributed by atoms with Crippen molar-refractivity contribution in [3.05, 3.63) is 0 Å². The topological polar surface area (TPSA) is 77.5 Å². The molecule has 1 aliphatic heterocycles. The highest BCUT2D eigenvalue weighted by Gasteiger charge is 2.32. The minimum atomic E-state index is -1.08. The summed E-state index contributed by atoms with van der Waals surface area (Å²) >= 11 is 0. The Morgan fingerprint density at radius 2 is 2.27 bits per heavy atom. The second-order valence-corrected chi connectivity index (χ2v) is 3.56. The normalized spacial score (nSPS) is 20.1. The summed E-state index contributed by atoms with van der Waals surface area (Å²) in [5.74, 6) is -0.531. The van der Waals surface area contributed by atoms with E-state index in [-0.39, 0.29) is 26.3 Å². The van der Waals surface area contributed by atoms with Crippen LogP contribution in [-0.2, 0) is 23.7 Å². The zero-order valence-corrected chi connectivity index (χ0v) is 8.89. The molecule has 1 atom stereocenters. The lowest BCUT2D eigenvalue weighted by Gasteiger charge is -2.22. The Bertz CT molecular complexity index is 211. The number of aliphatic hydroxyl groups excluding tert-OH is 1. The summed E-state index contributed by atoms with van der Waals surface area (Å²) in [6, 6.07) is 0. The molecule has 1 aliphatic rings. The third-order valence-electron chi connectivity index (χ3n) is 1.79. The van der Waals surface area contributed by atoms with Gasteiger partial charge >= 0.3 is 5.97 Å². The minimum Gasteiger partial charge on any atom is -0.461 e. The van der Waals surface area contributed by atoms with Crippen molar-refractivity contribution >= 4 is 5.97 Å². The van der Waals surface area contributed by atoms with E-state index >= 15 is 0 Å². The lowest BCUT2D eigenvalue weighted by molar-refractivity contribution is -0.189. The molecule has 1 rings (SSSR count). The number of aliphatic hydroxyl groups is 1. The van der Waals surface area contributed by atoms with E-state index in [0.717, 1.165) is 0 Å². The highest BCUT2D eigenvalue weighted by atomic mass is 16.8. The van der Waals surface area contributed by atoms with Gasteiger partial charge in [-0.05, 0) is 13.8 Å². The number of ether oxygens (including phenoxy) is 4. The fraction of sp³-hybridized carbons (Fsp3) is 0.889. The molecule has 0 bridgehead atoms. The first-order valence-corrected chi connectivity index (χ1v) is 4.71. The second-order valence-electron chi connectivity index (χ2n) is 3.56. The van der Waals surface area contributed by atoms with Crippen LogP contribution in [0.1, 0.15) is 13.8 Å². The van der Waals surface area contributed by atoms with E-state index in [2.05, 4.69) is 0 Å². The van der Waals surface area contributed by atoms with Crippen molar-refractivity contribution in [3.63, 3.8) is 0 Å². The molecular formula is C9H16O6. The predicted molar refractivity (Wildman–Crippen MR) is 48.9 cm³/mol. The third-order valence-corrected chi connectivity index (χ3v) is 1.79. The SMILES string of the molecule is CC(C)(OCOC1CO1)C(=O)OCCO. The quantitative estimate of drug-likeness (QED) is 0.359. The Kier molecular flexibility index (Phi) is 4.46. The Labute approximate surface area is 88.1 Å². The van der Waals surface area contributed by atoms with E-state index in [4.69, 9.17) is 24.1 Å². The van der Waals surface area contributed by atoms with Gasteiger partial charge in [-0.2, -0.15) is 0 Å². The fourth-order valence-electron chi connectivity index (χ4n) is 0.764. The zero-order valence-electron chi connectivity index (χ0n) is 8.89. The Balaban J connectivity index is 2.18. The smallest absolute Gasteiger partial charge is 0.338 e. The first kappa shape index (κ1) is 12.4. The van der Waals surface area contributed by atoms with Crippen LogP contribution < -0.4 is 0 Å². The predicted octanol–water partition coefficient (Wildman–Crippen LogP) is -0.353. The number of esters is 1. The Hall–Kier alpha value is -0.690. The van der Waals surface area contributed by atoms with E-state index in [0.29, 0.717) is 6.61 Å². The summed E-state index contributed by atoms with van der Waals surface area (Å²) in [5, 5.41) is 8.48. The summed E-state index contributed by atoms with van der Waals surface area (Å²) < 4.78 is 19.7. The van der Waals surface area contributed by atoms with Gasteiger partial charge in [-0.15, -0.1) is 0 Å². The summed E-state index contributed by atoms with van der Waals surface area (Å²) in [6.07, 6.45) is -0.200. The van der Waals surface area contributed by atoms with Gasteiger partial charge in [0.05, 0.1) is 6.61 Å². The van der Waals surface area contributed by atoms with Gasteiger partial charge in [0.15, 0.2) is 18.7 Å². The molecule has 0 aromatic carbocycles. The van der Waals surface area contributed by atoms with Crippen LogP contribution in [0.2, 0.25) is 0 Å². The molecule has 88 valence electrons. The maximum absolute atomic E-state index is 11.4. The van der Waals surface area contributed by atoms with Crippen LogP contribution in [0.25, 0.3) is 0 Å². The van der Waals surface area contributed by atoms with Crippen molar-refractivity contribution in [2.75, 3.05) is 26.6 Å². The van der Waals surface area contributed by atoms with Gasteiger partial charge in [0.2, 0.25) is 0 Å². The minimum absolute atomic E-state index is 0.0219. The molecule has 1 heterocycles. The molecule has 0 aliphatic carbocycles. The molecule has 0 aromatic rings. The molecule has 6 nitrogen and oxygen atoms in total. The van der Waals surface area contributed by atoms with Gasteiger partial charge in [-0.25, -0.2) is 4.79 Å². The van der Waals surface area contributed by atoms with E-state index in [1.165, 1.54) is 0 Å². The highest BCUT2D eigenvalue weighted by Crippen LogP contribution is 2.15. The molecule has 0 radical (unpaired) electrons. The van der Waals surface area contributed by atoms with Crippen molar-refractivity contribution in [2.24, 2.45) is 0 Å². The van der Waals surface area contributed by atoms with E-state index < -0.39 is 11.6 Å². The maximum Gasteiger partial charge on any atom is 0.338 e. The van der Waals surface area contributed by atoms with Crippen LogP contribution in [0.3, 0.4) is 0 Å². The molecule has 6 heteroatoms. The van der Waals surface area contributed by atoms with Gasteiger partial charge in [0.25, 0.3) is 0 Å². The van der Waals surface area contributed by atoms with Gasteiger partial charge in [-0.1, -0.05) is 0 Å². The second kappa shape index (κ2) is 5.41. The zero-order chi connectivity index (χ0) is 11.3. The lowest BCUT2D eigenvalue weighted by Crippen LogP contribution is -2.38. The van der Waals surface area contributed by atoms with Gasteiger partial charge in [0, 0.05) is 0 Å². The van der Waals surface area contributed by atoms with Crippen LogP contribution in [0.15, 0.2) is 0 Å². The molecule has 1 fully saturated rings. The van der Waals surface area contributed by atoms with Crippen LogP contribution >= 0.6 is 0 Å². The average Bonchev–Trinajstić information content (AvgIpc) is 2.97. The highest BCUT2D eigenvalue weighted by molar-refractivity contribution is 5.78. The van der Waals surface area contributed by atoms with Crippen LogP contribution in [-0.4, -0.2) is 49.6 Å². The Morgan fingerprint density at radius 1 is 1.60 bits per heavy atom. The molecule has 1 unspecified atom stereocenters. The van der Waals surface area contributed by atoms with Crippen molar-refractivity contribution in [1.82, 2.24) is 0 Å². The average molecular weight is 220 g/mol. The molecule has 0 saturated carbocycles. The van der Waals surface area contributed by atoms with Gasteiger partial charge in [-0.3, -0.25) is 0 Å². The fourth-order valence-corrected chi connectivity index (χ4v) is 0.764. The van der Waals surface area contributed by atoms with E-state index in [1.54, 1.807) is 13.8 Å². The van der Waals surface area contributed by atoms with Crippen LogP contribution in [0.5, 0.6) is 0 Å². The van der Waals surface area contributed by atoms with Gasteiger partial charge < -0.3 is 24.1 Å². The first-order chi connectivity index (χ1) is 7.06. The number of rotatable bonds is 7. The van der Waals surface area contributed by atoms with E-state index in [1.807, 2.05) is 0 Å². The first-order valence-electron chi connectivity index (χ1n) is 4.71. The molecule has 0 amide bonds. The number of carbonyl (C=O) groups is 1. The van der Waals surface area contributed by atoms with Crippen LogP contribution in [0, 0.1) is 0 Å². The number of epoxide rings is 1. The summed E-state index contributed by atoms with van der Waals surface area (Å²) in [5.41, 5.74) is -1.08.